The summed E-state index contributed by atoms with van der Waals surface area (Å²) in [6, 6.07) is 0. The fourth-order valence-electron chi connectivity index (χ4n) is 2.92. The number of nitrogens with one attached hydrogen (secondary N) is 3. The number of likely N-dealkylation sites (tertiary alicyclic amines) is 1. The van der Waals surface area contributed by atoms with Gasteiger partial charge in [-0.1, -0.05) is 6.42 Å². The van der Waals surface area contributed by atoms with Crippen LogP contribution < -0.4 is 16.0 Å². The lowest BCUT2D eigenvalue weighted by atomic mass is 9.92. The molecular weight excluding hydrogens is 429 g/mol. The lowest BCUT2D eigenvalue weighted by Crippen LogP contribution is -2.55. The number of carbonyl (C=O) groups excluding carboxylic acids is 1. The van der Waals surface area contributed by atoms with E-state index in [9.17, 15) is 4.79 Å². The van der Waals surface area contributed by atoms with Gasteiger partial charge in [0.15, 0.2) is 5.96 Å². The van der Waals surface area contributed by atoms with E-state index in [1.165, 1.54) is 32.4 Å². The first kappa shape index (κ1) is 24.4. The summed E-state index contributed by atoms with van der Waals surface area (Å²) in [4.78, 5) is 18.9. The first-order valence-electron chi connectivity index (χ1n) is 9.21. The number of guanidine groups is 1. The Bertz CT molecular complexity index is 431. The Balaban J connectivity index is 0.00000576. The number of hydrogen-bond donors (Lipinski definition) is 3. The van der Waals surface area contributed by atoms with Crippen LogP contribution in [0.5, 0.6) is 0 Å². The number of carbonyl (C=O) groups is 1. The van der Waals surface area contributed by atoms with Gasteiger partial charge < -0.3 is 16.0 Å². The molecule has 1 heterocycles. The van der Waals surface area contributed by atoms with Crippen LogP contribution in [-0.4, -0.2) is 62.1 Å². The van der Waals surface area contributed by atoms with Crippen molar-refractivity contribution in [1.82, 2.24) is 20.9 Å². The topological polar surface area (TPSA) is 68.8 Å². The quantitative estimate of drug-likeness (QED) is 0.305. The molecule has 1 aliphatic rings. The molecule has 148 valence electrons. The third kappa shape index (κ3) is 8.11. The predicted octanol–water partition coefficient (Wildman–Crippen LogP) is 2.20. The maximum absolute atomic E-state index is 12.1. The second kappa shape index (κ2) is 11.2. The first-order valence-corrected chi connectivity index (χ1v) is 9.21. The van der Waals surface area contributed by atoms with Crippen molar-refractivity contribution in [2.45, 2.75) is 59.4 Å². The number of rotatable bonds is 7. The van der Waals surface area contributed by atoms with E-state index in [0.717, 1.165) is 12.5 Å². The van der Waals surface area contributed by atoms with E-state index in [4.69, 9.17) is 0 Å². The summed E-state index contributed by atoms with van der Waals surface area (Å²) in [6.45, 7) is 14.7. The number of piperidine rings is 1. The number of hydrogen-bond acceptors (Lipinski definition) is 3. The van der Waals surface area contributed by atoms with Crippen molar-refractivity contribution in [3.63, 3.8) is 0 Å². The molecule has 0 aromatic heterocycles. The summed E-state index contributed by atoms with van der Waals surface area (Å²) < 4.78 is 0. The van der Waals surface area contributed by atoms with Crippen molar-refractivity contribution < 1.29 is 4.79 Å². The predicted molar refractivity (Wildman–Crippen MR) is 117 cm³/mol. The van der Waals surface area contributed by atoms with Gasteiger partial charge in [0.1, 0.15) is 0 Å². The Hall–Kier alpha value is -0.570. The van der Waals surface area contributed by atoms with E-state index in [1.807, 2.05) is 20.8 Å². The summed E-state index contributed by atoms with van der Waals surface area (Å²) in [5.41, 5.74) is -0.386. The molecule has 7 heteroatoms. The highest BCUT2D eigenvalue weighted by molar-refractivity contribution is 14.0. The number of aliphatic imine (C=N–C) groups is 1. The summed E-state index contributed by atoms with van der Waals surface area (Å²) in [6.07, 6.45) is 3.92. The highest BCUT2D eigenvalue weighted by Gasteiger charge is 2.29. The molecule has 3 N–H and O–H groups in total. The van der Waals surface area contributed by atoms with Crippen LogP contribution in [0.3, 0.4) is 0 Å². The highest BCUT2D eigenvalue weighted by atomic mass is 127. The van der Waals surface area contributed by atoms with Gasteiger partial charge in [0.25, 0.3) is 0 Å². The SMILES string of the molecule is CCNC(=O)C(C)(C)CNC(=NC)NCC(C)(C)N1CCCCC1.I. The molecule has 6 nitrogen and oxygen atoms in total. The van der Waals surface area contributed by atoms with Crippen molar-refractivity contribution in [3.8, 4) is 0 Å². The molecule has 0 saturated carbocycles. The molecule has 0 radical (unpaired) electrons. The molecule has 0 atom stereocenters. The number of halogens is 1. The van der Waals surface area contributed by atoms with Crippen LogP contribution in [0, 0.1) is 5.41 Å². The molecule has 1 saturated heterocycles. The second-order valence-corrected chi connectivity index (χ2v) is 7.88. The van der Waals surface area contributed by atoms with Gasteiger partial charge in [-0.3, -0.25) is 14.7 Å². The van der Waals surface area contributed by atoms with Crippen LogP contribution >= 0.6 is 24.0 Å². The summed E-state index contributed by atoms with van der Waals surface area (Å²) >= 11 is 0. The van der Waals surface area contributed by atoms with Crippen LogP contribution in [0.4, 0.5) is 0 Å². The Kier molecular flexibility index (Phi) is 11.0. The van der Waals surface area contributed by atoms with Crippen LogP contribution in [0.2, 0.25) is 0 Å². The van der Waals surface area contributed by atoms with Gasteiger partial charge in [0, 0.05) is 32.2 Å². The smallest absolute Gasteiger partial charge is 0.227 e. The minimum absolute atomic E-state index is 0. The maximum Gasteiger partial charge on any atom is 0.227 e. The maximum atomic E-state index is 12.1. The second-order valence-electron chi connectivity index (χ2n) is 7.88. The number of amides is 1. The third-order valence-electron chi connectivity index (χ3n) is 4.77. The minimum atomic E-state index is -0.476. The van der Waals surface area contributed by atoms with E-state index in [0.29, 0.717) is 13.1 Å². The Labute approximate surface area is 171 Å². The molecule has 0 aromatic carbocycles. The Morgan fingerprint density at radius 3 is 2.08 bits per heavy atom. The van der Waals surface area contributed by atoms with E-state index < -0.39 is 5.41 Å². The Morgan fingerprint density at radius 1 is 1.00 bits per heavy atom. The largest absolute Gasteiger partial charge is 0.356 e. The molecule has 25 heavy (non-hydrogen) atoms. The van der Waals surface area contributed by atoms with Gasteiger partial charge in [-0.2, -0.15) is 0 Å². The average molecular weight is 467 g/mol. The fourth-order valence-corrected chi connectivity index (χ4v) is 2.92. The highest BCUT2D eigenvalue weighted by Crippen LogP contribution is 2.19. The van der Waals surface area contributed by atoms with Gasteiger partial charge >= 0.3 is 0 Å². The van der Waals surface area contributed by atoms with Gasteiger partial charge in [-0.25, -0.2) is 0 Å². The minimum Gasteiger partial charge on any atom is -0.356 e. The van der Waals surface area contributed by atoms with Gasteiger partial charge in [-0.15, -0.1) is 24.0 Å². The Morgan fingerprint density at radius 2 is 1.56 bits per heavy atom. The molecule has 0 bridgehead atoms. The molecule has 0 spiro atoms. The van der Waals surface area contributed by atoms with Crippen LogP contribution in [0.15, 0.2) is 4.99 Å². The van der Waals surface area contributed by atoms with Crippen molar-refractivity contribution >= 4 is 35.8 Å². The lowest BCUT2D eigenvalue weighted by Gasteiger charge is -2.41. The molecule has 0 aromatic rings. The van der Waals surface area contributed by atoms with Crippen LogP contribution in [0.1, 0.15) is 53.9 Å². The molecule has 1 fully saturated rings. The average Bonchev–Trinajstić information content (AvgIpc) is 2.56. The van der Waals surface area contributed by atoms with Gasteiger partial charge in [0.2, 0.25) is 5.91 Å². The molecular formula is C18H38IN5O. The zero-order valence-electron chi connectivity index (χ0n) is 16.9. The van der Waals surface area contributed by atoms with Gasteiger partial charge in [0.05, 0.1) is 5.41 Å². The van der Waals surface area contributed by atoms with Crippen molar-refractivity contribution in [2.75, 3.05) is 39.8 Å². The molecule has 1 aliphatic heterocycles. The lowest BCUT2D eigenvalue weighted by molar-refractivity contribution is -0.128. The van der Waals surface area contributed by atoms with Crippen molar-refractivity contribution in [3.05, 3.63) is 0 Å². The van der Waals surface area contributed by atoms with Crippen molar-refractivity contribution in [2.24, 2.45) is 10.4 Å². The van der Waals surface area contributed by atoms with E-state index in [1.54, 1.807) is 7.05 Å². The van der Waals surface area contributed by atoms with Crippen molar-refractivity contribution in [1.29, 1.82) is 0 Å². The first-order chi connectivity index (χ1) is 11.2. The van der Waals surface area contributed by atoms with E-state index >= 15 is 0 Å². The van der Waals surface area contributed by atoms with Gasteiger partial charge in [-0.05, 0) is 60.5 Å². The number of nitrogens with zero attached hydrogens (tertiary/aromatic N) is 2. The zero-order chi connectivity index (χ0) is 18.2. The molecule has 1 rings (SSSR count). The summed E-state index contributed by atoms with van der Waals surface area (Å²) in [5.74, 6) is 0.805. The fraction of sp³-hybridized carbons (Fsp3) is 0.889. The standard InChI is InChI=1S/C18H37N5O.HI/c1-7-20-15(24)17(2,3)13-21-16(19-6)22-14-18(4,5)23-11-9-8-10-12-23;/h7-14H2,1-6H3,(H,20,24)(H2,19,21,22);1H. The third-order valence-corrected chi connectivity index (χ3v) is 4.77. The molecule has 0 aliphatic carbocycles. The summed E-state index contributed by atoms with van der Waals surface area (Å²) in [5, 5.41) is 9.58. The molecule has 1 amide bonds. The van der Waals surface area contributed by atoms with E-state index in [2.05, 4.69) is 39.7 Å². The van der Waals surface area contributed by atoms with Crippen LogP contribution in [-0.2, 0) is 4.79 Å². The normalized spacial score (nSPS) is 16.8. The monoisotopic (exact) mass is 467 g/mol. The molecule has 0 unspecified atom stereocenters. The summed E-state index contributed by atoms with van der Waals surface area (Å²) in [7, 11) is 1.77. The van der Waals surface area contributed by atoms with E-state index in [-0.39, 0.29) is 35.4 Å². The van der Waals surface area contributed by atoms with Crippen LogP contribution in [0.25, 0.3) is 0 Å². The zero-order valence-corrected chi connectivity index (χ0v) is 19.2.